The maximum absolute atomic E-state index is 5.68. The predicted octanol–water partition coefficient (Wildman–Crippen LogP) is 2.08. The summed E-state index contributed by atoms with van der Waals surface area (Å²) < 4.78 is 5.68. The lowest BCUT2D eigenvalue weighted by atomic mass is 9.56. The number of rotatable bonds is 5. The SMILES string of the molecule is CN=C(NCc1csc(N(C)C)n1)NC1CC(C)(OC)C1(C)C. The average molecular weight is 340 g/mol. The van der Waals surface area contributed by atoms with Crippen LogP contribution in [-0.4, -0.2) is 50.8 Å². The van der Waals surface area contributed by atoms with E-state index in [4.69, 9.17) is 4.74 Å². The van der Waals surface area contributed by atoms with Crippen molar-refractivity contribution in [2.75, 3.05) is 33.2 Å². The lowest BCUT2D eigenvalue weighted by molar-refractivity contribution is -0.176. The van der Waals surface area contributed by atoms with Crippen LogP contribution < -0.4 is 15.5 Å². The van der Waals surface area contributed by atoms with Crippen molar-refractivity contribution < 1.29 is 4.74 Å². The summed E-state index contributed by atoms with van der Waals surface area (Å²) in [4.78, 5) is 10.9. The van der Waals surface area contributed by atoms with Crippen molar-refractivity contribution in [3.63, 3.8) is 0 Å². The Bertz CT molecular complexity index is 569. The van der Waals surface area contributed by atoms with Gasteiger partial charge in [-0.15, -0.1) is 11.3 Å². The predicted molar refractivity (Wildman–Crippen MR) is 97.4 cm³/mol. The van der Waals surface area contributed by atoms with Gasteiger partial charge >= 0.3 is 0 Å². The molecule has 2 N–H and O–H groups in total. The lowest BCUT2D eigenvalue weighted by Crippen LogP contribution is -2.69. The molecule has 1 heterocycles. The molecule has 1 aromatic rings. The van der Waals surface area contributed by atoms with Crippen LogP contribution in [0.15, 0.2) is 10.4 Å². The fraction of sp³-hybridized carbons (Fsp3) is 0.750. The van der Waals surface area contributed by atoms with Crippen molar-refractivity contribution in [1.82, 2.24) is 15.6 Å². The van der Waals surface area contributed by atoms with Gasteiger partial charge in [0.15, 0.2) is 11.1 Å². The maximum atomic E-state index is 5.68. The molecule has 2 atom stereocenters. The van der Waals surface area contributed by atoms with Gasteiger partial charge in [0.1, 0.15) is 0 Å². The van der Waals surface area contributed by atoms with Gasteiger partial charge in [-0.25, -0.2) is 4.98 Å². The van der Waals surface area contributed by atoms with Crippen molar-refractivity contribution in [2.45, 2.75) is 45.4 Å². The van der Waals surface area contributed by atoms with Crippen LogP contribution in [0.3, 0.4) is 0 Å². The molecule has 7 heteroatoms. The Morgan fingerprint density at radius 1 is 1.48 bits per heavy atom. The molecule has 0 aromatic carbocycles. The number of ether oxygens (including phenoxy) is 1. The van der Waals surface area contributed by atoms with Gasteiger partial charge in [0.05, 0.1) is 17.8 Å². The summed E-state index contributed by atoms with van der Waals surface area (Å²) in [7, 11) is 7.59. The fourth-order valence-electron chi connectivity index (χ4n) is 2.84. The molecule has 130 valence electrons. The van der Waals surface area contributed by atoms with E-state index in [-0.39, 0.29) is 11.0 Å². The minimum Gasteiger partial charge on any atom is -0.378 e. The molecular weight excluding hydrogens is 310 g/mol. The zero-order valence-electron chi connectivity index (χ0n) is 15.2. The van der Waals surface area contributed by atoms with Crippen molar-refractivity contribution >= 4 is 22.4 Å². The third-order valence-electron chi connectivity index (χ3n) is 5.17. The number of hydrogen-bond acceptors (Lipinski definition) is 5. The van der Waals surface area contributed by atoms with Crippen LogP contribution in [0.1, 0.15) is 32.9 Å². The summed E-state index contributed by atoms with van der Waals surface area (Å²) >= 11 is 1.65. The monoisotopic (exact) mass is 339 g/mol. The van der Waals surface area contributed by atoms with Gasteiger partial charge < -0.3 is 20.3 Å². The molecule has 0 spiro atoms. The number of aromatic nitrogens is 1. The number of hydrogen-bond donors (Lipinski definition) is 2. The number of nitrogens with zero attached hydrogens (tertiary/aromatic N) is 3. The average Bonchev–Trinajstić information content (AvgIpc) is 2.99. The first-order chi connectivity index (χ1) is 10.7. The van der Waals surface area contributed by atoms with E-state index in [1.807, 2.05) is 19.0 Å². The van der Waals surface area contributed by atoms with Crippen molar-refractivity contribution in [2.24, 2.45) is 10.4 Å². The summed E-state index contributed by atoms with van der Waals surface area (Å²) in [5, 5.41) is 9.94. The van der Waals surface area contributed by atoms with Crippen LogP contribution in [0, 0.1) is 5.41 Å². The second-order valence-electron chi connectivity index (χ2n) is 7.00. The lowest BCUT2D eigenvalue weighted by Gasteiger charge is -2.59. The van der Waals surface area contributed by atoms with Gasteiger partial charge in [0, 0.05) is 45.1 Å². The zero-order chi connectivity index (χ0) is 17.3. The third kappa shape index (κ3) is 3.45. The topological polar surface area (TPSA) is 61.8 Å². The molecule has 1 saturated carbocycles. The van der Waals surface area contributed by atoms with E-state index >= 15 is 0 Å². The van der Waals surface area contributed by atoms with Gasteiger partial charge in [0.2, 0.25) is 0 Å². The molecule has 1 aliphatic rings. The van der Waals surface area contributed by atoms with Crippen molar-refractivity contribution in [1.29, 1.82) is 0 Å². The van der Waals surface area contributed by atoms with Gasteiger partial charge in [-0.05, 0) is 13.3 Å². The normalized spacial score (nSPS) is 26.6. The van der Waals surface area contributed by atoms with E-state index in [9.17, 15) is 0 Å². The Kier molecular flexibility index (Phi) is 5.20. The Morgan fingerprint density at radius 2 is 2.17 bits per heavy atom. The highest BCUT2D eigenvalue weighted by atomic mass is 32.1. The molecule has 23 heavy (non-hydrogen) atoms. The quantitative estimate of drug-likeness (QED) is 0.635. The number of guanidine groups is 1. The van der Waals surface area contributed by atoms with Crippen LogP contribution in [0.5, 0.6) is 0 Å². The van der Waals surface area contributed by atoms with E-state index < -0.39 is 0 Å². The van der Waals surface area contributed by atoms with E-state index in [0.29, 0.717) is 12.6 Å². The Labute approximate surface area is 143 Å². The molecule has 1 fully saturated rings. The number of aliphatic imine (C=N–C) groups is 1. The summed E-state index contributed by atoms with van der Waals surface area (Å²) in [5.41, 5.74) is 0.994. The molecule has 1 aliphatic carbocycles. The van der Waals surface area contributed by atoms with Crippen LogP contribution in [-0.2, 0) is 11.3 Å². The van der Waals surface area contributed by atoms with Crippen LogP contribution in [0.25, 0.3) is 0 Å². The van der Waals surface area contributed by atoms with Gasteiger partial charge in [-0.1, -0.05) is 13.8 Å². The van der Waals surface area contributed by atoms with Crippen molar-refractivity contribution in [3.05, 3.63) is 11.1 Å². The fourth-order valence-corrected chi connectivity index (χ4v) is 3.60. The highest BCUT2D eigenvalue weighted by molar-refractivity contribution is 7.13. The Morgan fingerprint density at radius 3 is 2.65 bits per heavy atom. The Balaban J connectivity index is 1.89. The molecule has 0 bridgehead atoms. The first kappa shape index (κ1) is 18.0. The van der Waals surface area contributed by atoms with E-state index in [1.165, 1.54) is 0 Å². The second kappa shape index (κ2) is 6.65. The van der Waals surface area contributed by atoms with Gasteiger partial charge in [-0.3, -0.25) is 4.99 Å². The molecule has 0 radical (unpaired) electrons. The highest BCUT2D eigenvalue weighted by Gasteiger charge is 2.58. The third-order valence-corrected chi connectivity index (χ3v) is 6.23. The summed E-state index contributed by atoms with van der Waals surface area (Å²) in [6.45, 7) is 7.29. The molecule has 2 unspecified atom stereocenters. The van der Waals surface area contributed by atoms with Crippen LogP contribution >= 0.6 is 11.3 Å². The summed E-state index contributed by atoms with van der Waals surface area (Å²) in [5.74, 6) is 0.806. The Hall–Kier alpha value is -1.34. The number of anilines is 1. The minimum absolute atomic E-state index is 0.0537. The largest absolute Gasteiger partial charge is 0.378 e. The first-order valence-electron chi connectivity index (χ1n) is 7.87. The number of thiazole rings is 1. The van der Waals surface area contributed by atoms with Crippen LogP contribution in [0.2, 0.25) is 0 Å². The summed E-state index contributed by atoms with van der Waals surface area (Å²) in [6, 6.07) is 0.339. The highest BCUT2D eigenvalue weighted by Crippen LogP contribution is 2.51. The molecule has 0 amide bonds. The standard InChI is InChI=1S/C16H29N5OS/c1-15(2)12(8-16(15,3)22-7)20-13(17-4)18-9-11-10-23-14(19-11)21(5)6/h10,12H,8-9H2,1-7H3,(H2,17,18,20). The molecule has 6 nitrogen and oxygen atoms in total. The molecular formula is C16H29N5OS. The number of nitrogens with one attached hydrogen (secondary N) is 2. The van der Waals surface area contributed by atoms with Gasteiger partial charge in [-0.2, -0.15) is 0 Å². The zero-order valence-corrected chi connectivity index (χ0v) is 16.0. The molecule has 1 aromatic heterocycles. The number of methoxy groups -OCH3 is 1. The van der Waals surface area contributed by atoms with Crippen LogP contribution in [0.4, 0.5) is 5.13 Å². The van der Waals surface area contributed by atoms with E-state index in [1.54, 1.807) is 25.5 Å². The maximum Gasteiger partial charge on any atom is 0.191 e. The summed E-state index contributed by atoms with van der Waals surface area (Å²) in [6.07, 6.45) is 0.971. The van der Waals surface area contributed by atoms with Gasteiger partial charge in [0.25, 0.3) is 0 Å². The molecule has 0 aliphatic heterocycles. The second-order valence-corrected chi connectivity index (χ2v) is 7.84. The first-order valence-corrected chi connectivity index (χ1v) is 8.75. The molecule has 2 rings (SSSR count). The van der Waals surface area contributed by atoms with E-state index in [0.717, 1.165) is 23.2 Å². The van der Waals surface area contributed by atoms with E-state index in [2.05, 4.69) is 46.8 Å². The smallest absolute Gasteiger partial charge is 0.191 e. The minimum atomic E-state index is -0.0843. The van der Waals surface area contributed by atoms with Crippen molar-refractivity contribution in [3.8, 4) is 0 Å². The molecule has 0 saturated heterocycles.